The molecular formula is C32H44N8O2. The number of benzene rings is 1. The number of allylic oxidation sites excluding steroid dienone is 2. The van der Waals surface area contributed by atoms with E-state index in [-0.39, 0.29) is 11.1 Å². The number of aromatic nitrogens is 5. The second kappa shape index (κ2) is 16.1. The first-order valence-corrected chi connectivity index (χ1v) is 14.6. The van der Waals surface area contributed by atoms with Crippen LogP contribution in [0.25, 0.3) is 11.3 Å². The third-order valence-corrected chi connectivity index (χ3v) is 7.00. The summed E-state index contributed by atoms with van der Waals surface area (Å²) in [6, 6.07) is 14.0. The summed E-state index contributed by atoms with van der Waals surface area (Å²) < 4.78 is 5.25. The van der Waals surface area contributed by atoms with E-state index in [1.54, 1.807) is 16.3 Å². The summed E-state index contributed by atoms with van der Waals surface area (Å²) in [5.74, 6) is 1.04. The monoisotopic (exact) mass is 572 g/mol. The Kier molecular flexibility index (Phi) is 12.3. The van der Waals surface area contributed by atoms with Gasteiger partial charge in [0.15, 0.2) is 11.9 Å². The molecule has 3 aromatic heterocycles. The molecule has 0 radical (unpaired) electrons. The number of hydrogen-bond donors (Lipinski definition) is 2. The molecule has 5 heterocycles. The predicted molar refractivity (Wildman–Crippen MR) is 171 cm³/mol. The Hall–Kier alpha value is -4.44. The summed E-state index contributed by atoms with van der Waals surface area (Å²) in [6.07, 6.45) is 11.7. The zero-order valence-electron chi connectivity index (χ0n) is 25.6. The van der Waals surface area contributed by atoms with E-state index >= 15 is 0 Å². The molecule has 0 aliphatic carbocycles. The van der Waals surface area contributed by atoms with Crippen LogP contribution in [0, 0.1) is 13.8 Å². The van der Waals surface area contributed by atoms with Crippen LogP contribution in [-0.2, 0) is 6.54 Å². The number of rotatable bonds is 5. The number of dihydropyridines is 1. The van der Waals surface area contributed by atoms with Crippen molar-refractivity contribution in [2.45, 2.75) is 53.6 Å². The highest BCUT2D eigenvalue weighted by Gasteiger charge is 2.22. The standard InChI is InChI=1S/C13H14N2O2.C12H17N5.C5H7N.C2H6/c1-3-14-10(2)12(9-16)13(17)15(14)11-7-5-4-6-8-11;1-9-7-14-11-3-4-12(15-17(9)11)16-6-5-10(8-16)13-2;1-2-4-6-5-3-1;1-2/h4-9H,3H2,1-2H3;3-4,7,10,13H,5-6,8H2,1-2H3;1-4,6H,5H2;1-2H3/t;10-;;/m.0../s1. The topological polar surface area (TPSA) is 101 Å². The molecule has 0 unspecified atom stereocenters. The van der Waals surface area contributed by atoms with Crippen molar-refractivity contribution < 1.29 is 4.79 Å². The fourth-order valence-corrected chi connectivity index (χ4v) is 4.76. The van der Waals surface area contributed by atoms with Crippen molar-refractivity contribution in [1.29, 1.82) is 0 Å². The van der Waals surface area contributed by atoms with Crippen LogP contribution in [0.3, 0.4) is 0 Å². The summed E-state index contributed by atoms with van der Waals surface area (Å²) in [5.41, 5.74) is 3.44. The van der Waals surface area contributed by atoms with Gasteiger partial charge in [-0.3, -0.25) is 14.3 Å². The summed E-state index contributed by atoms with van der Waals surface area (Å²) >= 11 is 0. The van der Waals surface area contributed by atoms with Crippen molar-refractivity contribution in [3.05, 3.63) is 100 Å². The minimum absolute atomic E-state index is 0.232. The molecule has 4 aromatic rings. The lowest BCUT2D eigenvalue weighted by molar-refractivity contribution is 0.112. The molecule has 2 N–H and O–H groups in total. The van der Waals surface area contributed by atoms with Crippen LogP contribution in [0.2, 0.25) is 0 Å². The maximum atomic E-state index is 12.1. The molecule has 0 bridgehead atoms. The van der Waals surface area contributed by atoms with Gasteiger partial charge in [0.1, 0.15) is 11.4 Å². The van der Waals surface area contributed by atoms with Gasteiger partial charge < -0.3 is 15.5 Å². The van der Waals surface area contributed by atoms with Gasteiger partial charge in [-0.2, -0.15) is 0 Å². The molecule has 1 atom stereocenters. The van der Waals surface area contributed by atoms with E-state index < -0.39 is 0 Å². The molecule has 42 heavy (non-hydrogen) atoms. The number of anilines is 1. The maximum absolute atomic E-state index is 12.1. The second-order valence-corrected chi connectivity index (χ2v) is 9.56. The average molecular weight is 573 g/mol. The fraction of sp³-hybridized carbons (Fsp3) is 0.375. The van der Waals surface area contributed by atoms with Gasteiger partial charge in [-0.05, 0) is 70.8 Å². The number of para-hydroxylation sites is 1. The first kappa shape index (κ1) is 32.1. The number of carbonyl (C=O) groups excluding carboxylic acids is 1. The molecular weight excluding hydrogens is 528 g/mol. The van der Waals surface area contributed by atoms with Crippen LogP contribution in [0.15, 0.2) is 77.9 Å². The van der Waals surface area contributed by atoms with Gasteiger partial charge in [0.05, 0.1) is 17.6 Å². The number of aryl methyl sites for hydroxylation is 1. The Morgan fingerprint density at radius 1 is 1.10 bits per heavy atom. The molecule has 2 aliphatic rings. The van der Waals surface area contributed by atoms with Crippen molar-refractivity contribution in [3.8, 4) is 5.69 Å². The molecule has 0 saturated carbocycles. The second-order valence-electron chi connectivity index (χ2n) is 9.56. The third kappa shape index (κ3) is 7.64. The molecule has 0 spiro atoms. The SMILES string of the molecule is C1=CCNC=C1.CC.CCn1c(C)c(C=O)c(=O)n1-c1ccccc1.CN[C@H]1CCN(c2ccc3ncc(C)n3n2)C1. The van der Waals surface area contributed by atoms with E-state index in [4.69, 9.17) is 0 Å². The van der Waals surface area contributed by atoms with E-state index in [0.717, 1.165) is 42.5 Å². The van der Waals surface area contributed by atoms with Gasteiger partial charge in [-0.25, -0.2) is 14.2 Å². The summed E-state index contributed by atoms with van der Waals surface area (Å²) in [5, 5.41) is 11.0. The normalized spacial score (nSPS) is 15.1. The molecule has 2 aliphatic heterocycles. The van der Waals surface area contributed by atoms with Crippen molar-refractivity contribution in [2.24, 2.45) is 0 Å². The highest BCUT2D eigenvalue weighted by Crippen LogP contribution is 2.18. The Bertz CT molecular complexity index is 1520. The van der Waals surface area contributed by atoms with E-state index in [2.05, 4.69) is 37.8 Å². The van der Waals surface area contributed by atoms with Gasteiger partial charge in [0, 0.05) is 37.9 Å². The number of nitrogens with zero attached hydrogens (tertiary/aromatic N) is 6. The number of carbonyl (C=O) groups is 1. The number of likely N-dealkylation sites (N-methyl/N-ethyl adjacent to an activating group) is 1. The Balaban J connectivity index is 0.000000184. The minimum Gasteiger partial charge on any atom is -0.387 e. The number of hydrogen-bond acceptors (Lipinski definition) is 7. The number of aldehydes is 1. The van der Waals surface area contributed by atoms with Crippen LogP contribution >= 0.6 is 0 Å². The van der Waals surface area contributed by atoms with Gasteiger partial charge in [0.2, 0.25) is 0 Å². The van der Waals surface area contributed by atoms with Gasteiger partial charge in [-0.15, -0.1) is 5.10 Å². The van der Waals surface area contributed by atoms with Crippen LogP contribution in [0.4, 0.5) is 5.82 Å². The largest absolute Gasteiger partial charge is 0.387 e. The lowest BCUT2D eigenvalue weighted by atomic mass is 10.3. The molecule has 10 heteroatoms. The first-order chi connectivity index (χ1) is 20.5. The Morgan fingerprint density at radius 3 is 2.40 bits per heavy atom. The van der Waals surface area contributed by atoms with Crippen molar-refractivity contribution in [3.63, 3.8) is 0 Å². The van der Waals surface area contributed by atoms with E-state index in [0.29, 0.717) is 24.6 Å². The van der Waals surface area contributed by atoms with E-state index in [1.165, 1.54) is 6.42 Å². The van der Waals surface area contributed by atoms with Gasteiger partial charge >= 0.3 is 0 Å². The molecule has 224 valence electrons. The van der Waals surface area contributed by atoms with Crippen molar-refractivity contribution >= 4 is 17.8 Å². The highest BCUT2D eigenvalue weighted by molar-refractivity contribution is 5.76. The van der Waals surface area contributed by atoms with E-state index in [9.17, 15) is 9.59 Å². The zero-order chi connectivity index (χ0) is 30.5. The Labute approximate surface area is 248 Å². The lowest BCUT2D eigenvalue weighted by Crippen LogP contribution is -2.30. The third-order valence-electron chi connectivity index (χ3n) is 7.00. The summed E-state index contributed by atoms with van der Waals surface area (Å²) in [7, 11) is 2.02. The van der Waals surface area contributed by atoms with Crippen LogP contribution in [-0.4, -0.2) is 63.0 Å². The number of imidazole rings is 1. The van der Waals surface area contributed by atoms with Gasteiger partial charge in [-0.1, -0.05) is 44.2 Å². The van der Waals surface area contributed by atoms with E-state index in [1.807, 2.05) is 100 Å². The van der Waals surface area contributed by atoms with Crippen molar-refractivity contribution in [1.82, 2.24) is 34.6 Å². The molecule has 1 fully saturated rings. The van der Waals surface area contributed by atoms with Gasteiger partial charge in [0.25, 0.3) is 5.56 Å². The minimum atomic E-state index is -0.259. The molecule has 1 aromatic carbocycles. The Morgan fingerprint density at radius 2 is 1.86 bits per heavy atom. The summed E-state index contributed by atoms with van der Waals surface area (Å²) in [4.78, 5) is 29.7. The van der Waals surface area contributed by atoms with Crippen LogP contribution in [0.5, 0.6) is 0 Å². The molecule has 6 rings (SSSR count). The molecule has 0 amide bonds. The maximum Gasteiger partial charge on any atom is 0.282 e. The van der Waals surface area contributed by atoms with Crippen LogP contribution < -0.4 is 21.1 Å². The quantitative estimate of drug-likeness (QED) is 0.344. The number of fused-ring (bicyclic) bond motifs is 1. The smallest absolute Gasteiger partial charge is 0.282 e. The molecule has 10 nitrogen and oxygen atoms in total. The fourth-order valence-electron chi connectivity index (χ4n) is 4.76. The molecule has 1 saturated heterocycles. The summed E-state index contributed by atoms with van der Waals surface area (Å²) in [6.45, 7) is 13.5. The zero-order valence-corrected chi connectivity index (χ0v) is 25.6. The number of nitrogens with one attached hydrogen (secondary N) is 2. The van der Waals surface area contributed by atoms with Crippen LogP contribution in [0.1, 0.15) is 48.9 Å². The van der Waals surface area contributed by atoms with Crippen molar-refractivity contribution in [2.75, 3.05) is 31.6 Å². The average Bonchev–Trinajstić information content (AvgIpc) is 3.75. The first-order valence-electron chi connectivity index (χ1n) is 14.6. The lowest BCUT2D eigenvalue weighted by Gasteiger charge is -2.17. The highest BCUT2D eigenvalue weighted by atomic mass is 16.1. The predicted octanol–water partition coefficient (Wildman–Crippen LogP) is 4.30.